The van der Waals surface area contributed by atoms with Gasteiger partial charge in [0.1, 0.15) is 0 Å². The predicted octanol–water partition coefficient (Wildman–Crippen LogP) is 0.891. The van der Waals surface area contributed by atoms with Gasteiger partial charge in [-0.05, 0) is 25.1 Å². The van der Waals surface area contributed by atoms with Crippen molar-refractivity contribution in [2.75, 3.05) is 24.2 Å². The van der Waals surface area contributed by atoms with Crippen molar-refractivity contribution in [3.8, 4) is 0 Å². The zero-order valence-corrected chi connectivity index (χ0v) is 10.2. The van der Waals surface area contributed by atoms with E-state index in [0.29, 0.717) is 5.69 Å². The highest BCUT2D eigenvalue weighted by Gasteiger charge is 2.07. The summed E-state index contributed by atoms with van der Waals surface area (Å²) in [4.78, 5) is 4.22. The standard InChI is InChI=1S/C13H17N3O2/c1-8-4-10-11(6-15-8)12(14)2-3-13(10)16-5-9(18)7-17/h2-4,6,9,16-18H,5,7,14H2,1H3. The van der Waals surface area contributed by atoms with Crippen LogP contribution in [0.5, 0.6) is 0 Å². The lowest BCUT2D eigenvalue weighted by Gasteiger charge is -2.13. The lowest BCUT2D eigenvalue weighted by Crippen LogP contribution is -2.23. The van der Waals surface area contributed by atoms with Gasteiger partial charge in [0, 0.05) is 40.6 Å². The van der Waals surface area contributed by atoms with Gasteiger partial charge in [0.2, 0.25) is 0 Å². The van der Waals surface area contributed by atoms with E-state index in [1.165, 1.54) is 0 Å². The number of aliphatic hydroxyl groups is 2. The lowest BCUT2D eigenvalue weighted by atomic mass is 10.1. The average Bonchev–Trinajstić information content (AvgIpc) is 2.37. The number of nitrogens with one attached hydrogen (secondary N) is 1. The SMILES string of the molecule is Cc1cc2c(NCC(O)CO)ccc(N)c2cn1. The Bertz CT molecular complexity index is 557. The highest BCUT2D eigenvalue weighted by Crippen LogP contribution is 2.28. The number of hydrogen-bond acceptors (Lipinski definition) is 5. The molecule has 0 saturated heterocycles. The minimum absolute atomic E-state index is 0.263. The van der Waals surface area contributed by atoms with Crippen molar-refractivity contribution in [1.29, 1.82) is 0 Å². The largest absolute Gasteiger partial charge is 0.398 e. The summed E-state index contributed by atoms with van der Waals surface area (Å²) in [5.74, 6) is 0. The normalized spacial score (nSPS) is 12.6. The van der Waals surface area contributed by atoms with Crippen LogP contribution in [-0.4, -0.2) is 34.5 Å². The quantitative estimate of drug-likeness (QED) is 0.602. The Morgan fingerprint density at radius 1 is 1.39 bits per heavy atom. The molecule has 1 aromatic carbocycles. The fourth-order valence-corrected chi connectivity index (χ4v) is 1.81. The Morgan fingerprint density at radius 2 is 2.17 bits per heavy atom. The number of aromatic nitrogens is 1. The van der Waals surface area contributed by atoms with E-state index in [9.17, 15) is 5.11 Å². The third-order valence-corrected chi connectivity index (χ3v) is 2.81. The number of fused-ring (bicyclic) bond motifs is 1. The zero-order chi connectivity index (χ0) is 13.1. The number of aliphatic hydroxyl groups excluding tert-OH is 2. The number of nitrogens with two attached hydrogens (primary N) is 1. The molecule has 0 fully saturated rings. The van der Waals surface area contributed by atoms with Crippen LogP contribution >= 0.6 is 0 Å². The number of anilines is 2. The van der Waals surface area contributed by atoms with Gasteiger partial charge < -0.3 is 21.3 Å². The van der Waals surface area contributed by atoms with Crippen LogP contribution in [0, 0.1) is 6.92 Å². The summed E-state index contributed by atoms with van der Waals surface area (Å²) < 4.78 is 0. The Kier molecular flexibility index (Phi) is 3.64. The molecule has 18 heavy (non-hydrogen) atoms. The van der Waals surface area contributed by atoms with Gasteiger partial charge >= 0.3 is 0 Å². The third-order valence-electron chi connectivity index (χ3n) is 2.81. The Morgan fingerprint density at radius 3 is 2.89 bits per heavy atom. The van der Waals surface area contributed by atoms with E-state index < -0.39 is 6.10 Å². The second-order valence-electron chi connectivity index (χ2n) is 4.29. The van der Waals surface area contributed by atoms with Gasteiger partial charge in [-0.1, -0.05) is 0 Å². The third kappa shape index (κ3) is 2.52. The summed E-state index contributed by atoms with van der Waals surface area (Å²) in [5.41, 5.74) is 8.35. The number of rotatable bonds is 4. The van der Waals surface area contributed by atoms with E-state index in [2.05, 4.69) is 10.3 Å². The zero-order valence-electron chi connectivity index (χ0n) is 10.2. The van der Waals surface area contributed by atoms with E-state index in [1.807, 2.05) is 19.1 Å². The molecule has 1 unspecified atom stereocenters. The number of pyridine rings is 1. The van der Waals surface area contributed by atoms with Crippen LogP contribution in [0.25, 0.3) is 10.8 Å². The Labute approximate surface area is 105 Å². The second-order valence-corrected chi connectivity index (χ2v) is 4.29. The van der Waals surface area contributed by atoms with Crippen LogP contribution in [0.15, 0.2) is 24.4 Å². The molecule has 5 heteroatoms. The number of nitrogens with zero attached hydrogens (tertiary/aromatic N) is 1. The maximum absolute atomic E-state index is 9.35. The van der Waals surface area contributed by atoms with Gasteiger partial charge in [-0.15, -0.1) is 0 Å². The molecule has 0 aliphatic rings. The Balaban J connectivity index is 2.38. The summed E-state index contributed by atoms with van der Waals surface area (Å²) in [7, 11) is 0. The van der Waals surface area contributed by atoms with E-state index in [-0.39, 0.29) is 13.2 Å². The van der Waals surface area contributed by atoms with Crippen molar-refractivity contribution in [2.45, 2.75) is 13.0 Å². The molecule has 5 nitrogen and oxygen atoms in total. The molecule has 0 bridgehead atoms. The van der Waals surface area contributed by atoms with Crippen molar-refractivity contribution in [2.24, 2.45) is 0 Å². The van der Waals surface area contributed by atoms with Gasteiger partial charge in [-0.25, -0.2) is 0 Å². The second kappa shape index (κ2) is 5.20. The molecule has 2 rings (SSSR count). The first-order valence-electron chi connectivity index (χ1n) is 5.79. The molecule has 1 heterocycles. The Hall–Kier alpha value is -1.85. The van der Waals surface area contributed by atoms with Gasteiger partial charge in [0.05, 0.1) is 12.7 Å². The summed E-state index contributed by atoms with van der Waals surface area (Å²) in [6, 6.07) is 5.60. The summed E-state index contributed by atoms with van der Waals surface area (Å²) in [5, 5.41) is 23.1. The highest BCUT2D eigenvalue weighted by molar-refractivity contribution is 6.00. The molecule has 0 amide bonds. The van der Waals surface area contributed by atoms with Crippen LogP contribution in [0.4, 0.5) is 11.4 Å². The van der Waals surface area contributed by atoms with Crippen molar-refractivity contribution < 1.29 is 10.2 Å². The fourth-order valence-electron chi connectivity index (χ4n) is 1.81. The van der Waals surface area contributed by atoms with E-state index in [1.54, 1.807) is 12.3 Å². The maximum atomic E-state index is 9.35. The lowest BCUT2D eigenvalue weighted by molar-refractivity contribution is 0.105. The first-order valence-corrected chi connectivity index (χ1v) is 5.79. The fraction of sp³-hybridized carbons (Fsp3) is 0.308. The van der Waals surface area contributed by atoms with E-state index >= 15 is 0 Å². The minimum Gasteiger partial charge on any atom is -0.398 e. The number of aryl methyl sites for hydroxylation is 1. The topological polar surface area (TPSA) is 91.4 Å². The van der Waals surface area contributed by atoms with Crippen molar-refractivity contribution in [1.82, 2.24) is 4.98 Å². The molecular weight excluding hydrogens is 230 g/mol. The summed E-state index contributed by atoms with van der Waals surface area (Å²) in [6.07, 6.45) is 0.966. The van der Waals surface area contributed by atoms with Crippen LogP contribution in [0.2, 0.25) is 0 Å². The number of hydrogen-bond donors (Lipinski definition) is 4. The van der Waals surface area contributed by atoms with Gasteiger partial charge in [0.25, 0.3) is 0 Å². The molecule has 1 aromatic heterocycles. The van der Waals surface area contributed by atoms with E-state index in [4.69, 9.17) is 10.8 Å². The summed E-state index contributed by atoms with van der Waals surface area (Å²) >= 11 is 0. The summed E-state index contributed by atoms with van der Waals surface area (Å²) in [6.45, 7) is 1.94. The first kappa shape index (κ1) is 12.6. The van der Waals surface area contributed by atoms with Crippen LogP contribution in [0.1, 0.15) is 5.69 Å². The molecule has 2 aromatic rings. The molecule has 96 valence electrons. The molecule has 0 aliphatic heterocycles. The van der Waals surface area contributed by atoms with E-state index in [0.717, 1.165) is 22.2 Å². The molecule has 0 radical (unpaired) electrons. The molecular formula is C13H17N3O2. The highest BCUT2D eigenvalue weighted by atomic mass is 16.3. The predicted molar refractivity (Wildman–Crippen MR) is 72.5 cm³/mol. The van der Waals surface area contributed by atoms with Gasteiger partial charge in [0.15, 0.2) is 0 Å². The monoisotopic (exact) mass is 247 g/mol. The average molecular weight is 247 g/mol. The van der Waals surface area contributed by atoms with Crippen LogP contribution < -0.4 is 11.1 Å². The van der Waals surface area contributed by atoms with Crippen LogP contribution in [0.3, 0.4) is 0 Å². The van der Waals surface area contributed by atoms with Gasteiger partial charge in [-0.3, -0.25) is 4.98 Å². The molecule has 0 aliphatic carbocycles. The van der Waals surface area contributed by atoms with Crippen molar-refractivity contribution >= 4 is 22.1 Å². The number of benzene rings is 1. The smallest absolute Gasteiger partial charge is 0.0942 e. The molecule has 1 atom stereocenters. The molecule has 0 saturated carbocycles. The first-order chi connectivity index (χ1) is 8.61. The molecule has 5 N–H and O–H groups in total. The minimum atomic E-state index is -0.777. The van der Waals surface area contributed by atoms with Crippen LogP contribution in [-0.2, 0) is 0 Å². The van der Waals surface area contributed by atoms with Crippen molar-refractivity contribution in [3.63, 3.8) is 0 Å². The molecule has 0 spiro atoms. The van der Waals surface area contributed by atoms with Crippen molar-refractivity contribution in [3.05, 3.63) is 30.1 Å². The number of nitrogen functional groups attached to an aromatic ring is 1. The van der Waals surface area contributed by atoms with Gasteiger partial charge in [-0.2, -0.15) is 0 Å². The maximum Gasteiger partial charge on any atom is 0.0942 e.